The lowest BCUT2D eigenvalue weighted by atomic mass is 9.73. The van der Waals surface area contributed by atoms with Gasteiger partial charge in [0.15, 0.2) is 0 Å². The Morgan fingerprint density at radius 2 is 2.00 bits per heavy atom. The zero-order valence-corrected chi connectivity index (χ0v) is 14.6. The average Bonchev–Trinajstić information content (AvgIpc) is 3.20. The molecule has 1 atom stereocenters. The van der Waals surface area contributed by atoms with Crippen LogP contribution in [0.1, 0.15) is 51.4 Å². The van der Waals surface area contributed by atoms with E-state index in [1.165, 1.54) is 44.4 Å². The van der Waals surface area contributed by atoms with Crippen LogP contribution in [-0.2, 0) is 9.59 Å². The van der Waals surface area contributed by atoms with Gasteiger partial charge in [-0.1, -0.05) is 19.3 Å². The molecule has 2 aromatic rings. The minimum absolute atomic E-state index is 0.0634. The monoisotopic (exact) mass is 358 g/mol. The summed E-state index contributed by atoms with van der Waals surface area (Å²) in [5.41, 5.74) is 1.17. The number of aromatic nitrogens is 2. The minimum atomic E-state index is -0.736. The molecule has 138 valence electrons. The molecule has 2 aliphatic carbocycles. The van der Waals surface area contributed by atoms with Crippen molar-refractivity contribution in [1.82, 2.24) is 15.3 Å². The van der Waals surface area contributed by atoms with Crippen LogP contribution < -0.4 is 10.6 Å². The molecule has 26 heavy (non-hydrogen) atoms. The molecule has 2 heterocycles. The van der Waals surface area contributed by atoms with Crippen LogP contribution in [0.25, 0.3) is 11.0 Å². The van der Waals surface area contributed by atoms with E-state index in [0.29, 0.717) is 22.1 Å². The van der Waals surface area contributed by atoms with E-state index in [2.05, 4.69) is 20.6 Å². The first kappa shape index (κ1) is 17.0. The highest BCUT2D eigenvalue weighted by Crippen LogP contribution is 2.48. The van der Waals surface area contributed by atoms with Crippen LogP contribution in [0.15, 0.2) is 18.5 Å². The van der Waals surface area contributed by atoms with Gasteiger partial charge in [-0.2, -0.15) is 0 Å². The van der Waals surface area contributed by atoms with Crippen molar-refractivity contribution in [3.05, 3.63) is 24.3 Å². The van der Waals surface area contributed by atoms with Gasteiger partial charge in [0.05, 0.1) is 11.9 Å². The van der Waals surface area contributed by atoms with Crippen molar-refractivity contribution in [3.63, 3.8) is 0 Å². The Balaban J connectivity index is 1.37. The lowest BCUT2D eigenvalue weighted by molar-refractivity contribution is -0.136. The smallest absolute Gasteiger partial charge is 0.313 e. The van der Waals surface area contributed by atoms with Gasteiger partial charge in [-0.05, 0) is 43.6 Å². The number of carbonyl (C=O) groups excluding carboxylic acids is 2. The quantitative estimate of drug-likeness (QED) is 0.720. The molecule has 2 fully saturated rings. The van der Waals surface area contributed by atoms with Crippen LogP contribution in [0.3, 0.4) is 0 Å². The second-order valence-electron chi connectivity index (χ2n) is 7.68. The second-order valence-corrected chi connectivity index (χ2v) is 7.68. The summed E-state index contributed by atoms with van der Waals surface area (Å²) in [4.78, 5) is 31.3. The highest BCUT2D eigenvalue weighted by atomic mass is 19.1. The lowest BCUT2D eigenvalue weighted by Crippen LogP contribution is -2.41. The van der Waals surface area contributed by atoms with E-state index < -0.39 is 17.6 Å². The van der Waals surface area contributed by atoms with Crippen LogP contribution >= 0.6 is 0 Å². The number of hydrogen-bond acceptors (Lipinski definition) is 3. The maximum Gasteiger partial charge on any atom is 0.313 e. The van der Waals surface area contributed by atoms with Crippen LogP contribution in [0.5, 0.6) is 0 Å². The maximum atomic E-state index is 13.4. The van der Waals surface area contributed by atoms with Gasteiger partial charge < -0.3 is 15.6 Å². The number of fused-ring (bicyclic) bond motifs is 1. The van der Waals surface area contributed by atoms with E-state index in [-0.39, 0.29) is 6.04 Å². The number of pyridine rings is 1. The van der Waals surface area contributed by atoms with E-state index in [9.17, 15) is 14.0 Å². The van der Waals surface area contributed by atoms with Gasteiger partial charge in [0.25, 0.3) is 0 Å². The van der Waals surface area contributed by atoms with E-state index in [0.717, 1.165) is 25.5 Å². The Morgan fingerprint density at radius 1 is 1.19 bits per heavy atom. The van der Waals surface area contributed by atoms with Crippen molar-refractivity contribution in [1.29, 1.82) is 0 Å². The molecule has 2 amide bonds. The minimum Gasteiger partial charge on any atom is -0.345 e. The fourth-order valence-corrected chi connectivity index (χ4v) is 4.60. The van der Waals surface area contributed by atoms with Crippen LogP contribution in [0.4, 0.5) is 10.1 Å². The first-order valence-corrected chi connectivity index (χ1v) is 9.29. The molecular weight excluding hydrogens is 335 g/mol. The molecule has 0 bridgehead atoms. The number of aromatic amines is 1. The number of nitrogens with one attached hydrogen (secondary N) is 3. The predicted octanol–water partition coefficient (Wildman–Crippen LogP) is 3.26. The van der Waals surface area contributed by atoms with Crippen molar-refractivity contribution in [2.75, 3.05) is 5.32 Å². The zero-order chi connectivity index (χ0) is 18.1. The standard InChI is InChI=1S/C19H23FN4O2/c20-12-8-14-15(11-22-16(14)21-10-12)24-18(26)17(25)23-13-4-7-19(9-13)5-2-1-3-6-19/h8,10-11,13H,1-7,9H2,(H,21,22)(H,23,25)(H,24,26)/t13-/m1/s1. The Kier molecular flexibility index (Phi) is 4.38. The van der Waals surface area contributed by atoms with Gasteiger partial charge in [0.1, 0.15) is 11.5 Å². The van der Waals surface area contributed by atoms with Gasteiger partial charge in [0, 0.05) is 17.6 Å². The van der Waals surface area contributed by atoms with E-state index >= 15 is 0 Å². The largest absolute Gasteiger partial charge is 0.345 e. The SMILES string of the molecule is O=C(Nc1c[nH]c2ncc(F)cc12)C(=O)N[C@@H]1CCC2(CCCCC2)C1. The van der Waals surface area contributed by atoms with Crippen LogP contribution in [-0.4, -0.2) is 27.8 Å². The average molecular weight is 358 g/mol. The molecule has 2 saturated carbocycles. The van der Waals surface area contributed by atoms with E-state index in [1.54, 1.807) is 0 Å². The molecule has 2 aromatic heterocycles. The summed E-state index contributed by atoms with van der Waals surface area (Å²) in [6.07, 6.45) is 12.0. The molecule has 7 heteroatoms. The molecule has 0 aliphatic heterocycles. The number of rotatable bonds is 2. The Morgan fingerprint density at radius 3 is 2.81 bits per heavy atom. The van der Waals surface area contributed by atoms with Crippen molar-refractivity contribution < 1.29 is 14.0 Å². The molecule has 1 spiro atoms. The topological polar surface area (TPSA) is 86.9 Å². The van der Waals surface area contributed by atoms with E-state index in [1.807, 2.05) is 0 Å². The number of hydrogen-bond donors (Lipinski definition) is 3. The van der Waals surface area contributed by atoms with Gasteiger partial charge in [-0.25, -0.2) is 9.37 Å². The highest BCUT2D eigenvalue weighted by Gasteiger charge is 2.40. The van der Waals surface area contributed by atoms with Gasteiger partial charge >= 0.3 is 11.8 Å². The predicted molar refractivity (Wildman–Crippen MR) is 96.0 cm³/mol. The summed E-state index contributed by atoms with van der Waals surface area (Å²) >= 11 is 0. The summed E-state index contributed by atoms with van der Waals surface area (Å²) in [6.45, 7) is 0. The van der Waals surface area contributed by atoms with Gasteiger partial charge in [-0.3, -0.25) is 9.59 Å². The molecule has 0 aromatic carbocycles. The first-order valence-electron chi connectivity index (χ1n) is 9.29. The zero-order valence-electron chi connectivity index (χ0n) is 14.6. The van der Waals surface area contributed by atoms with Crippen LogP contribution in [0, 0.1) is 11.2 Å². The molecule has 2 aliphatic rings. The van der Waals surface area contributed by atoms with Crippen molar-refractivity contribution >= 4 is 28.5 Å². The summed E-state index contributed by atoms with van der Waals surface area (Å²) < 4.78 is 13.4. The summed E-state index contributed by atoms with van der Waals surface area (Å²) in [5.74, 6) is -1.87. The van der Waals surface area contributed by atoms with Gasteiger partial charge in [-0.15, -0.1) is 0 Å². The Bertz CT molecular complexity index is 841. The number of nitrogens with zero attached hydrogens (tertiary/aromatic N) is 1. The molecular formula is C19H23FN4O2. The molecule has 6 nitrogen and oxygen atoms in total. The summed E-state index contributed by atoms with van der Waals surface area (Å²) in [5, 5.41) is 5.86. The van der Waals surface area contributed by atoms with Crippen molar-refractivity contribution in [3.8, 4) is 0 Å². The van der Waals surface area contributed by atoms with Crippen LogP contribution in [0.2, 0.25) is 0 Å². The number of carbonyl (C=O) groups is 2. The molecule has 3 N–H and O–H groups in total. The summed E-state index contributed by atoms with van der Waals surface area (Å²) in [6, 6.07) is 1.34. The molecule has 4 rings (SSSR count). The third-order valence-electron chi connectivity index (χ3n) is 5.90. The third kappa shape index (κ3) is 3.30. The second kappa shape index (κ2) is 6.70. The van der Waals surface area contributed by atoms with Gasteiger partial charge in [0.2, 0.25) is 0 Å². The molecule has 0 saturated heterocycles. The first-order chi connectivity index (χ1) is 12.5. The Labute approximate surface area is 150 Å². The number of H-pyrrole nitrogens is 1. The fourth-order valence-electron chi connectivity index (χ4n) is 4.60. The third-order valence-corrected chi connectivity index (χ3v) is 5.90. The number of halogens is 1. The lowest BCUT2D eigenvalue weighted by Gasteiger charge is -2.33. The fraction of sp³-hybridized carbons (Fsp3) is 0.526. The maximum absolute atomic E-state index is 13.4. The highest BCUT2D eigenvalue weighted by molar-refractivity contribution is 6.40. The Hall–Kier alpha value is -2.44. The number of anilines is 1. The normalized spacial score (nSPS) is 21.8. The van der Waals surface area contributed by atoms with Crippen molar-refractivity contribution in [2.45, 2.75) is 57.4 Å². The molecule has 0 radical (unpaired) electrons. The van der Waals surface area contributed by atoms with Crippen molar-refractivity contribution in [2.24, 2.45) is 5.41 Å². The number of amides is 2. The van der Waals surface area contributed by atoms with E-state index in [4.69, 9.17) is 0 Å². The molecule has 0 unspecified atom stereocenters. The summed E-state index contributed by atoms with van der Waals surface area (Å²) in [7, 11) is 0.